The Hall–Kier alpha value is -1.81. The van der Waals surface area contributed by atoms with Gasteiger partial charge in [0, 0.05) is 12.4 Å². The molecule has 0 fully saturated rings. The summed E-state index contributed by atoms with van der Waals surface area (Å²) in [5.74, 6) is 0. The van der Waals surface area contributed by atoms with E-state index in [9.17, 15) is 0 Å². The lowest BCUT2D eigenvalue weighted by atomic mass is 10.2. The van der Waals surface area contributed by atoms with Crippen LogP contribution in [0.15, 0.2) is 48.8 Å². The summed E-state index contributed by atoms with van der Waals surface area (Å²) in [6.07, 6.45) is 3.94. The van der Waals surface area contributed by atoms with E-state index in [2.05, 4.69) is 5.32 Å². The second-order valence-electron chi connectivity index (χ2n) is 3.10. The molecule has 3 N–H and O–H groups in total. The van der Waals surface area contributed by atoms with Crippen molar-refractivity contribution in [2.75, 3.05) is 5.32 Å². The Balaban J connectivity index is 2.42. The number of benzene rings is 1. The van der Waals surface area contributed by atoms with Gasteiger partial charge in [0.05, 0.1) is 11.4 Å². The molecule has 0 bridgehead atoms. The van der Waals surface area contributed by atoms with Crippen molar-refractivity contribution in [2.45, 2.75) is 0 Å². The highest BCUT2D eigenvalue weighted by atomic mass is 32.1. The van der Waals surface area contributed by atoms with Crippen LogP contribution >= 0.6 is 12.2 Å². The fourth-order valence-corrected chi connectivity index (χ4v) is 1.54. The fourth-order valence-electron chi connectivity index (χ4n) is 1.43. The summed E-state index contributed by atoms with van der Waals surface area (Å²) >= 11 is 4.82. The lowest BCUT2D eigenvalue weighted by Crippen LogP contribution is -2.19. The standard InChI is InChI=1S/C11H11N3S/c12-11(15)13-9-5-1-2-6-10(9)14-7-3-4-8-14/h1-8H,(H3,12,13,15). The minimum absolute atomic E-state index is 0.273. The second-order valence-corrected chi connectivity index (χ2v) is 3.54. The Morgan fingerprint density at radius 3 is 2.47 bits per heavy atom. The molecule has 3 nitrogen and oxygen atoms in total. The van der Waals surface area contributed by atoms with Crippen LogP contribution in [0.25, 0.3) is 5.69 Å². The first-order chi connectivity index (χ1) is 7.27. The maximum absolute atomic E-state index is 5.46. The summed E-state index contributed by atoms with van der Waals surface area (Å²) in [5.41, 5.74) is 7.39. The van der Waals surface area contributed by atoms with Crippen molar-refractivity contribution in [3.63, 3.8) is 0 Å². The lowest BCUT2D eigenvalue weighted by Gasteiger charge is -2.11. The summed E-state index contributed by atoms with van der Waals surface area (Å²) in [6.45, 7) is 0. The number of nitrogens with two attached hydrogens (primary N) is 1. The highest BCUT2D eigenvalue weighted by molar-refractivity contribution is 7.80. The van der Waals surface area contributed by atoms with Crippen molar-refractivity contribution < 1.29 is 0 Å². The van der Waals surface area contributed by atoms with Gasteiger partial charge in [-0.25, -0.2) is 0 Å². The number of nitrogens with one attached hydrogen (secondary N) is 1. The third-order valence-electron chi connectivity index (χ3n) is 2.04. The van der Waals surface area contributed by atoms with Crippen molar-refractivity contribution in [1.82, 2.24) is 4.57 Å². The highest BCUT2D eigenvalue weighted by Gasteiger charge is 2.02. The summed E-state index contributed by atoms with van der Waals surface area (Å²) in [4.78, 5) is 0. The van der Waals surface area contributed by atoms with Gasteiger partial charge in [0.1, 0.15) is 0 Å². The van der Waals surface area contributed by atoms with Crippen molar-refractivity contribution >= 4 is 23.0 Å². The zero-order valence-electron chi connectivity index (χ0n) is 8.05. The molecule has 2 aromatic rings. The van der Waals surface area contributed by atoms with Crippen LogP contribution in [0, 0.1) is 0 Å². The molecule has 0 amide bonds. The van der Waals surface area contributed by atoms with E-state index in [0.717, 1.165) is 11.4 Å². The summed E-state index contributed by atoms with van der Waals surface area (Å²) in [7, 11) is 0. The zero-order valence-corrected chi connectivity index (χ0v) is 8.87. The highest BCUT2D eigenvalue weighted by Crippen LogP contribution is 2.19. The molecule has 0 aliphatic rings. The predicted octanol–water partition coefficient (Wildman–Crippen LogP) is 2.13. The number of hydrogen-bond donors (Lipinski definition) is 2. The van der Waals surface area contributed by atoms with E-state index in [4.69, 9.17) is 18.0 Å². The molecule has 0 saturated heterocycles. The minimum atomic E-state index is 0.273. The first kappa shape index (κ1) is 9.73. The average molecular weight is 217 g/mol. The molecule has 0 radical (unpaired) electrons. The third-order valence-corrected chi connectivity index (χ3v) is 2.15. The summed E-state index contributed by atoms with van der Waals surface area (Å²) < 4.78 is 2.00. The van der Waals surface area contributed by atoms with Gasteiger partial charge in [-0.2, -0.15) is 0 Å². The number of aromatic nitrogens is 1. The van der Waals surface area contributed by atoms with Gasteiger partial charge in [-0.3, -0.25) is 0 Å². The Kier molecular flexibility index (Phi) is 2.69. The van der Waals surface area contributed by atoms with E-state index in [1.807, 2.05) is 53.4 Å². The van der Waals surface area contributed by atoms with E-state index in [1.165, 1.54) is 0 Å². The molecule has 1 aromatic heterocycles. The Morgan fingerprint density at radius 1 is 1.13 bits per heavy atom. The average Bonchev–Trinajstić information content (AvgIpc) is 2.70. The van der Waals surface area contributed by atoms with Gasteiger partial charge in [-0.05, 0) is 36.5 Å². The summed E-state index contributed by atoms with van der Waals surface area (Å²) in [5, 5.41) is 3.22. The van der Waals surface area contributed by atoms with Crippen molar-refractivity contribution in [3.8, 4) is 5.69 Å². The Labute approximate surface area is 93.5 Å². The monoisotopic (exact) mass is 217 g/mol. The quantitative estimate of drug-likeness (QED) is 0.757. The number of thiocarbonyl (C=S) groups is 1. The van der Waals surface area contributed by atoms with Crippen molar-refractivity contribution in [1.29, 1.82) is 0 Å². The molecule has 0 aliphatic heterocycles. The van der Waals surface area contributed by atoms with Crippen LogP contribution in [0.1, 0.15) is 0 Å². The van der Waals surface area contributed by atoms with Gasteiger partial charge in [0.2, 0.25) is 0 Å². The van der Waals surface area contributed by atoms with Crippen LogP contribution in [-0.2, 0) is 0 Å². The van der Waals surface area contributed by atoms with E-state index < -0.39 is 0 Å². The summed E-state index contributed by atoms with van der Waals surface area (Å²) in [6, 6.07) is 11.8. The number of anilines is 1. The normalized spacial score (nSPS) is 9.87. The molecule has 0 saturated carbocycles. The van der Waals surface area contributed by atoms with Crippen LogP contribution in [0.3, 0.4) is 0 Å². The Morgan fingerprint density at radius 2 is 1.80 bits per heavy atom. The maximum Gasteiger partial charge on any atom is 0.168 e. The molecule has 0 spiro atoms. The zero-order chi connectivity index (χ0) is 10.7. The number of rotatable bonds is 2. The largest absolute Gasteiger partial charge is 0.376 e. The molecular weight excluding hydrogens is 206 g/mol. The topological polar surface area (TPSA) is 43.0 Å². The Bertz CT molecular complexity index is 462. The van der Waals surface area contributed by atoms with Gasteiger partial charge in [0.15, 0.2) is 5.11 Å². The van der Waals surface area contributed by atoms with Crippen molar-refractivity contribution in [2.24, 2.45) is 5.73 Å². The molecule has 2 rings (SSSR count). The van der Waals surface area contributed by atoms with Crippen molar-refractivity contribution in [3.05, 3.63) is 48.8 Å². The van der Waals surface area contributed by atoms with E-state index in [0.29, 0.717) is 0 Å². The van der Waals surface area contributed by atoms with Gasteiger partial charge in [0.25, 0.3) is 0 Å². The maximum atomic E-state index is 5.46. The van der Waals surface area contributed by atoms with Gasteiger partial charge >= 0.3 is 0 Å². The first-order valence-corrected chi connectivity index (χ1v) is 4.97. The third kappa shape index (κ3) is 2.16. The first-order valence-electron chi connectivity index (χ1n) is 4.56. The molecular formula is C11H11N3S. The molecule has 0 atom stereocenters. The fraction of sp³-hybridized carbons (Fsp3) is 0. The molecule has 15 heavy (non-hydrogen) atoms. The molecule has 4 heteroatoms. The molecule has 76 valence electrons. The van der Waals surface area contributed by atoms with E-state index in [1.54, 1.807) is 0 Å². The van der Waals surface area contributed by atoms with E-state index in [-0.39, 0.29) is 5.11 Å². The molecule has 1 heterocycles. The molecule has 0 unspecified atom stereocenters. The number of para-hydroxylation sites is 2. The number of nitrogens with zero attached hydrogens (tertiary/aromatic N) is 1. The molecule has 1 aromatic carbocycles. The van der Waals surface area contributed by atoms with Crippen LogP contribution in [-0.4, -0.2) is 9.68 Å². The second kappa shape index (κ2) is 4.14. The van der Waals surface area contributed by atoms with Crippen LogP contribution in [0.2, 0.25) is 0 Å². The lowest BCUT2D eigenvalue weighted by molar-refractivity contribution is 1.08. The van der Waals surface area contributed by atoms with Crippen LogP contribution < -0.4 is 11.1 Å². The number of hydrogen-bond acceptors (Lipinski definition) is 1. The van der Waals surface area contributed by atoms with Gasteiger partial charge < -0.3 is 15.6 Å². The predicted molar refractivity (Wildman–Crippen MR) is 66.2 cm³/mol. The van der Waals surface area contributed by atoms with Gasteiger partial charge in [-0.15, -0.1) is 0 Å². The van der Waals surface area contributed by atoms with Crippen LogP contribution in [0.5, 0.6) is 0 Å². The molecule has 0 aliphatic carbocycles. The smallest absolute Gasteiger partial charge is 0.168 e. The van der Waals surface area contributed by atoms with E-state index >= 15 is 0 Å². The van der Waals surface area contributed by atoms with Crippen LogP contribution in [0.4, 0.5) is 5.69 Å². The minimum Gasteiger partial charge on any atom is -0.376 e. The van der Waals surface area contributed by atoms with Gasteiger partial charge in [-0.1, -0.05) is 12.1 Å². The SMILES string of the molecule is NC(=S)Nc1ccccc1-n1cccc1.